The topological polar surface area (TPSA) is 20.3 Å². The van der Waals surface area contributed by atoms with E-state index in [2.05, 4.69) is 24.8 Å². The highest BCUT2D eigenvalue weighted by atomic mass is 32.2. The number of thioether (sulfide) groups is 1. The van der Waals surface area contributed by atoms with Crippen LogP contribution in [0.2, 0.25) is 0 Å². The first-order chi connectivity index (χ1) is 9.49. The summed E-state index contributed by atoms with van der Waals surface area (Å²) in [6, 6.07) is 8.18. The van der Waals surface area contributed by atoms with Crippen LogP contribution in [-0.2, 0) is 4.79 Å². The maximum Gasteiger partial charge on any atom is 0.138 e. The van der Waals surface area contributed by atoms with Gasteiger partial charge >= 0.3 is 0 Å². The summed E-state index contributed by atoms with van der Waals surface area (Å²) in [6.07, 6.45) is 0. The zero-order valence-corrected chi connectivity index (χ0v) is 14.3. The van der Waals surface area contributed by atoms with Gasteiger partial charge in [-0.1, -0.05) is 53.8 Å². The largest absolute Gasteiger partial charge is 0.358 e. The quantitative estimate of drug-likeness (QED) is 0.739. The lowest BCUT2D eigenvalue weighted by Gasteiger charge is -2.22. The molecule has 1 aromatic carbocycles. The molecule has 0 amide bonds. The summed E-state index contributed by atoms with van der Waals surface area (Å²) in [4.78, 5) is 14.1. The number of carbonyl (C=O) groups excluding carboxylic acids is 1. The van der Waals surface area contributed by atoms with Crippen molar-refractivity contribution in [2.75, 3.05) is 18.8 Å². The van der Waals surface area contributed by atoms with Gasteiger partial charge in [-0.3, -0.25) is 4.79 Å². The van der Waals surface area contributed by atoms with E-state index in [0.717, 1.165) is 23.0 Å². The maximum absolute atomic E-state index is 11.9. The molecule has 0 spiro atoms. The molecular formula is C16H23NOS2. The van der Waals surface area contributed by atoms with Gasteiger partial charge in [0.2, 0.25) is 0 Å². The molecule has 20 heavy (non-hydrogen) atoms. The summed E-state index contributed by atoms with van der Waals surface area (Å²) in [5, 5.41) is 0. The average molecular weight is 310 g/mol. The van der Waals surface area contributed by atoms with E-state index in [0.29, 0.717) is 5.75 Å². The normalized spacial score (nSPS) is 12.0. The minimum Gasteiger partial charge on any atom is -0.358 e. The lowest BCUT2D eigenvalue weighted by molar-refractivity contribution is -0.117. The highest BCUT2D eigenvalue weighted by molar-refractivity contribution is 8.22. The number of hydrogen-bond acceptors (Lipinski definition) is 3. The van der Waals surface area contributed by atoms with Crippen LogP contribution in [0.3, 0.4) is 0 Å². The molecule has 0 aliphatic heterocycles. The third-order valence-electron chi connectivity index (χ3n) is 3.33. The molecule has 0 aliphatic carbocycles. The van der Waals surface area contributed by atoms with Gasteiger partial charge in [-0.2, -0.15) is 0 Å². The molecule has 0 aliphatic rings. The van der Waals surface area contributed by atoms with Crippen LogP contribution in [0.1, 0.15) is 37.8 Å². The van der Waals surface area contributed by atoms with Crippen molar-refractivity contribution in [1.29, 1.82) is 0 Å². The molecule has 0 radical (unpaired) electrons. The van der Waals surface area contributed by atoms with Gasteiger partial charge in [-0.15, -0.1) is 0 Å². The van der Waals surface area contributed by atoms with E-state index in [-0.39, 0.29) is 11.7 Å². The third-order valence-corrected chi connectivity index (χ3v) is 4.95. The number of aryl methyl sites for hydroxylation is 1. The van der Waals surface area contributed by atoms with Crippen LogP contribution in [0.25, 0.3) is 0 Å². The van der Waals surface area contributed by atoms with E-state index >= 15 is 0 Å². The monoisotopic (exact) mass is 309 g/mol. The van der Waals surface area contributed by atoms with Gasteiger partial charge in [0, 0.05) is 18.8 Å². The fraction of sp³-hybridized carbons (Fsp3) is 0.500. The van der Waals surface area contributed by atoms with Gasteiger partial charge in [-0.25, -0.2) is 0 Å². The smallest absolute Gasteiger partial charge is 0.138 e. The average Bonchev–Trinajstić information content (AvgIpc) is 2.40. The number of ketones is 1. The summed E-state index contributed by atoms with van der Waals surface area (Å²) < 4.78 is 0.883. The van der Waals surface area contributed by atoms with Crippen LogP contribution in [0.4, 0.5) is 0 Å². The molecule has 1 aromatic rings. The fourth-order valence-corrected chi connectivity index (χ4v) is 3.70. The van der Waals surface area contributed by atoms with Crippen molar-refractivity contribution in [3.05, 3.63) is 35.4 Å². The Morgan fingerprint density at radius 3 is 2.50 bits per heavy atom. The first-order valence-electron chi connectivity index (χ1n) is 6.98. The molecular weight excluding hydrogens is 286 g/mol. The zero-order valence-electron chi connectivity index (χ0n) is 12.7. The molecule has 1 rings (SSSR count). The molecule has 0 bridgehead atoms. The van der Waals surface area contributed by atoms with Crippen molar-refractivity contribution in [3.63, 3.8) is 0 Å². The van der Waals surface area contributed by atoms with E-state index in [4.69, 9.17) is 12.2 Å². The molecule has 0 saturated carbocycles. The Labute approximate surface area is 131 Å². The first kappa shape index (κ1) is 17.2. The number of thiocarbonyl (C=S) groups is 1. The minimum atomic E-state index is -0.0755. The van der Waals surface area contributed by atoms with Crippen molar-refractivity contribution < 1.29 is 4.79 Å². The van der Waals surface area contributed by atoms with Gasteiger partial charge in [0.05, 0.1) is 5.92 Å². The summed E-state index contributed by atoms with van der Waals surface area (Å²) in [6.45, 7) is 9.73. The summed E-state index contributed by atoms with van der Waals surface area (Å²) >= 11 is 7.04. The Morgan fingerprint density at radius 1 is 1.35 bits per heavy atom. The van der Waals surface area contributed by atoms with Crippen molar-refractivity contribution in [2.24, 2.45) is 0 Å². The Balaban J connectivity index is 2.74. The van der Waals surface area contributed by atoms with Crippen LogP contribution in [0.15, 0.2) is 24.3 Å². The standard InChI is InChI=1S/C16H23NOS2/c1-5-17(6-2)16(19)20-11-15(13(4)18)14-9-7-8-12(3)10-14/h7-10,15H,5-6,11H2,1-4H3. The summed E-state index contributed by atoms with van der Waals surface area (Å²) in [5.41, 5.74) is 2.28. The van der Waals surface area contributed by atoms with Gasteiger partial charge in [-0.05, 0) is 33.3 Å². The van der Waals surface area contributed by atoms with Crippen molar-refractivity contribution in [1.82, 2.24) is 4.90 Å². The maximum atomic E-state index is 11.9. The van der Waals surface area contributed by atoms with E-state index in [9.17, 15) is 4.79 Å². The second-order valence-corrected chi connectivity index (χ2v) is 6.48. The number of nitrogens with zero attached hydrogens (tertiary/aromatic N) is 1. The van der Waals surface area contributed by atoms with Crippen molar-refractivity contribution in [2.45, 2.75) is 33.6 Å². The Hall–Kier alpha value is -0.870. The van der Waals surface area contributed by atoms with Crippen LogP contribution in [-0.4, -0.2) is 33.8 Å². The lowest BCUT2D eigenvalue weighted by Crippen LogP contribution is -2.27. The highest BCUT2D eigenvalue weighted by Crippen LogP contribution is 2.24. The number of benzene rings is 1. The molecule has 0 heterocycles. The number of Topliss-reactive ketones (excluding diaryl/α,β-unsaturated/α-hetero) is 1. The fourth-order valence-electron chi connectivity index (χ4n) is 2.06. The Morgan fingerprint density at radius 2 is 2.00 bits per heavy atom. The summed E-state index contributed by atoms with van der Waals surface area (Å²) in [5.74, 6) is 0.840. The molecule has 0 aromatic heterocycles. The number of rotatable bonds is 6. The first-order valence-corrected chi connectivity index (χ1v) is 8.37. The molecule has 1 atom stereocenters. The van der Waals surface area contributed by atoms with E-state index in [1.807, 2.05) is 25.1 Å². The Kier molecular flexibility index (Phi) is 7.24. The number of hydrogen-bond donors (Lipinski definition) is 0. The summed E-state index contributed by atoms with van der Waals surface area (Å²) in [7, 11) is 0. The predicted molar refractivity (Wildman–Crippen MR) is 92.6 cm³/mol. The molecule has 0 saturated heterocycles. The third kappa shape index (κ3) is 4.91. The van der Waals surface area contributed by atoms with E-state index in [1.165, 1.54) is 5.56 Å². The van der Waals surface area contributed by atoms with Crippen molar-refractivity contribution >= 4 is 34.1 Å². The Bertz CT molecular complexity index is 469. The number of carbonyl (C=O) groups is 1. The van der Waals surface area contributed by atoms with Gasteiger partial charge in [0.25, 0.3) is 0 Å². The zero-order chi connectivity index (χ0) is 15.1. The lowest BCUT2D eigenvalue weighted by atomic mass is 9.96. The van der Waals surface area contributed by atoms with E-state index < -0.39 is 0 Å². The molecule has 0 N–H and O–H groups in total. The minimum absolute atomic E-state index is 0.0755. The molecule has 4 heteroatoms. The predicted octanol–water partition coefficient (Wildman–Crippen LogP) is 4.03. The molecule has 2 nitrogen and oxygen atoms in total. The van der Waals surface area contributed by atoms with E-state index in [1.54, 1.807) is 18.7 Å². The van der Waals surface area contributed by atoms with Crippen LogP contribution < -0.4 is 0 Å². The molecule has 110 valence electrons. The van der Waals surface area contributed by atoms with Gasteiger partial charge < -0.3 is 4.90 Å². The van der Waals surface area contributed by atoms with Crippen molar-refractivity contribution in [3.8, 4) is 0 Å². The SMILES string of the molecule is CCN(CC)C(=S)SCC(C(C)=O)c1cccc(C)c1. The van der Waals surface area contributed by atoms with Crippen LogP contribution >= 0.6 is 24.0 Å². The highest BCUT2D eigenvalue weighted by Gasteiger charge is 2.18. The second kappa shape index (κ2) is 8.42. The molecule has 1 unspecified atom stereocenters. The van der Waals surface area contributed by atoms with Gasteiger partial charge in [0.15, 0.2) is 0 Å². The van der Waals surface area contributed by atoms with Crippen LogP contribution in [0, 0.1) is 6.92 Å². The van der Waals surface area contributed by atoms with Crippen LogP contribution in [0.5, 0.6) is 0 Å². The molecule has 0 fully saturated rings. The second-order valence-electron chi connectivity index (χ2n) is 4.83. The van der Waals surface area contributed by atoms with Gasteiger partial charge in [0.1, 0.15) is 10.1 Å².